The zero-order valence-corrected chi connectivity index (χ0v) is 9.70. The van der Waals surface area contributed by atoms with Crippen LogP contribution in [0.25, 0.3) is 10.8 Å². The molecule has 0 fully saturated rings. The molecule has 0 saturated carbocycles. The van der Waals surface area contributed by atoms with Crippen molar-refractivity contribution in [2.24, 2.45) is 0 Å². The minimum Gasteiger partial charge on any atom is -0.493 e. The van der Waals surface area contributed by atoms with Crippen molar-refractivity contribution < 1.29 is 9.47 Å². The van der Waals surface area contributed by atoms with Crippen molar-refractivity contribution in [1.82, 2.24) is 0 Å². The van der Waals surface area contributed by atoms with Gasteiger partial charge in [-0.2, -0.15) is 0 Å². The summed E-state index contributed by atoms with van der Waals surface area (Å²) >= 11 is 0. The van der Waals surface area contributed by atoms with Crippen LogP contribution in [-0.2, 0) is 0 Å². The quantitative estimate of drug-likeness (QED) is 0.787. The zero-order valence-electron chi connectivity index (χ0n) is 9.70. The molecule has 0 spiro atoms. The topological polar surface area (TPSA) is 44.5 Å². The largest absolute Gasteiger partial charge is 0.493 e. The van der Waals surface area contributed by atoms with E-state index >= 15 is 0 Å². The number of anilines is 1. The Labute approximate surface area is 94.8 Å². The normalized spacial score (nSPS) is 10.4. The van der Waals surface area contributed by atoms with Crippen LogP contribution in [0.5, 0.6) is 11.5 Å². The molecule has 0 amide bonds. The number of benzene rings is 2. The molecule has 0 aliphatic carbocycles. The van der Waals surface area contributed by atoms with Gasteiger partial charge in [0, 0.05) is 11.1 Å². The van der Waals surface area contributed by atoms with E-state index in [0.717, 1.165) is 22.2 Å². The van der Waals surface area contributed by atoms with Crippen LogP contribution in [0.3, 0.4) is 0 Å². The monoisotopic (exact) mass is 217 g/mol. The van der Waals surface area contributed by atoms with Crippen LogP contribution in [0.1, 0.15) is 5.56 Å². The molecule has 0 bridgehead atoms. The summed E-state index contributed by atoms with van der Waals surface area (Å²) in [6.07, 6.45) is 0. The van der Waals surface area contributed by atoms with Gasteiger partial charge in [-0.15, -0.1) is 0 Å². The zero-order chi connectivity index (χ0) is 11.7. The summed E-state index contributed by atoms with van der Waals surface area (Å²) in [5, 5.41) is 2.09. The molecule has 0 atom stereocenters. The lowest BCUT2D eigenvalue weighted by Crippen LogP contribution is -1.94. The van der Waals surface area contributed by atoms with E-state index in [9.17, 15) is 0 Å². The molecule has 16 heavy (non-hydrogen) atoms. The molecule has 84 valence electrons. The fraction of sp³-hybridized carbons (Fsp3) is 0.231. The number of aryl methyl sites for hydroxylation is 1. The van der Waals surface area contributed by atoms with Gasteiger partial charge in [-0.3, -0.25) is 0 Å². The fourth-order valence-corrected chi connectivity index (χ4v) is 1.84. The number of fused-ring (bicyclic) bond motifs is 1. The van der Waals surface area contributed by atoms with Crippen molar-refractivity contribution in [3.8, 4) is 11.5 Å². The Kier molecular flexibility index (Phi) is 2.60. The molecule has 0 heterocycles. The third-order valence-corrected chi connectivity index (χ3v) is 2.77. The van der Waals surface area contributed by atoms with Crippen molar-refractivity contribution in [1.29, 1.82) is 0 Å². The van der Waals surface area contributed by atoms with Gasteiger partial charge >= 0.3 is 0 Å². The number of ether oxygens (including phenoxy) is 2. The van der Waals surface area contributed by atoms with Gasteiger partial charge in [-0.05, 0) is 36.1 Å². The summed E-state index contributed by atoms with van der Waals surface area (Å²) in [4.78, 5) is 0. The fourth-order valence-electron chi connectivity index (χ4n) is 1.84. The molecular weight excluding hydrogens is 202 g/mol. The molecule has 0 unspecified atom stereocenters. The van der Waals surface area contributed by atoms with E-state index < -0.39 is 0 Å². The van der Waals surface area contributed by atoms with Crippen LogP contribution in [0.4, 0.5) is 5.69 Å². The minimum absolute atomic E-state index is 0.701. The molecule has 2 aromatic carbocycles. The van der Waals surface area contributed by atoms with Crippen LogP contribution < -0.4 is 15.2 Å². The first-order chi connectivity index (χ1) is 7.67. The van der Waals surface area contributed by atoms with Crippen LogP contribution >= 0.6 is 0 Å². The van der Waals surface area contributed by atoms with E-state index in [1.807, 2.05) is 31.2 Å². The Morgan fingerprint density at radius 1 is 0.938 bits per heavy atom. The van der Waals surface area contributed by atoms with Crippen molar-refractivity contribution in [3.05, 3.63) is 29.8 Å². The highest BCUT2D eigenvalue weighted by atomic mass is 16.5. The van der Waals surface area contributed by atoms with Gasteiger partial charge in [0.05, 0.1) is 14.2 Å². The Morgan fingerprint density at radius 3 is 2.06 bits per heavy atom. The minimum atomic E-state index is 0.701. The predicted molar refractivity (Wildman–Crippen MR) is 66.2 cm³/mol. The number of nitrogen functional groups attached to an aromatic ring is 1. The second kappa shape index (κ2) is 3.93. The Hall–Kier alpha value is -1.90. The van der Waals surface area contributed by atoms with Gasteiger partial charge in [-0.25, -0.2) is 0 Å². The number of rotatable bonds is 2. The van der Waals surface area contributed by atoms with E-state index in [2.05, 4.69) is 0 Å². The van der Waals surface area contributed by atoms with Crippen molar-refractivity contribution in [2.75, 3.05) is 20.0 Å². The first-order valence-corrected chi connectivity index (χ1v) is 5.08. The third kappa shape index (κ3) is 1.54. The van der Waals surface area contributed by atoms with Gasteiger partial charge in [0.15, 0.2) is 11.5 Å². The predicted octanol–water partition coefficient (Wildman–Crippen LogP) is 2.75. The highest BCUT2D eigenvalue weighted by Crippen LogP contribution is 2.35. The third-order valence-electron chi connectivity index (χ3n) is 2.77. The van der Waals surface area contributed by atoms with Gasteiger partial charge in [0.1, 0.15) is 0 Å². The standard InChI is InChI=1S/C13H15NO2/c1-8-4-5-11(14)10-7-13(16-3)12(15-2)6-9(8)10/h4-7H,14H2,1-3H3. The van der Waals surface area contributed by atoms with Gasteiger partial charge in [-0.1, -0.05) is 6.07 Å². The molecule has 3 heteroatoms. The lowest BCUT2D eigenvalue weighted by molar-refractivity contribution is 0.356. The first kappa shape index (κ1) is 10.6. The lowest BCUT2D eigenvalue weighted by atomic mass is 10.0. The molecule has 0 saturated heterocycles. The maximum absolute atomic E-state index is 5.94. The maximum Gasteiger partial charge on any atom is 0.161 e. The average Bonchev–Trinajstić information content (AvgIpc) is 2.32. The number of hydrogen-bond donors (Lipinski definition) is 1. The van der Waals surface area contributed by atoms with E-state index in [-0.39, 0.29) is 0 Å². The van der Waals surface area contributed by atoms with Crippen LogP contribution in [0.15, 0.2) is 24.3 Å². The molecule has 0 aliphatic rings. The van der Waals surface area contributed by atoms with E-state index in [1.165, 1.54) is 5.56 Å². The summed E-state index contributed by atoms with van der Waals surface area (Å²) in [7, 11) is 3.25. The highest BCUT2D eigenvalue weighted by molar-refractivity contribution is 5.97. The van der Waals surface area contributed by atoms with E-state index in [0.29, 0.717) is 5.75 Å². The lowest BCUT2D eigenvalue weighted by Gasteiger charge is -2.11. The number of methoxy groups -OCH3 is 2. The van der Waals surface area contributed by atoms with Crippen molar-refractivity contribution >= 4 is 16.5 Å². The van der Waals surface area contributed by atoms with Gasteiger partial charge in [0.2, 0.25) is 0 Å². The van der Waals surface area contributed by atoms with E-state index in [1.54, 1.807) is 14.2 Å². The number of hydrogen-bond acceptors (Lipinski definition) is 3. The average molecular weight is 217 g/mol. The summed E-state index contributed by atoms with van der Waals surface area (Å²) in [6.45, 7) is 2.05. The summed E-state index contributed by atoms with van der Waals surface area (Å²) in [5.41, 5.74) is 7.87. The maximum atomic E-state index is 5.94. The number of nitrogens with two attached hydrogens (primary N) is 1. The molecule has 2 rings (SSSR count). The van der Waals surface area contributed by atoms with Crippen molar-refractivity contribution in [3.63, 3.8) is 0 Å². The molecule has 2 aromatic rings. The van der Waals surface area contributed by atoms with E-state index in [4.69, 9.17) is 15.2 Å². The van der Waals surface area contributed by atoms with Crippen LogP contribution in [-0.4, -0.2) is 14.2 Å². The van der Waals surface area contributed by atoms with Gasteiger partial charge < -0.3 is 15.2 Å². The Balaban J connectivity index is 2.82. The van der Waals surface area contributed by atoms with Gasteiger partial charge in [0.25, 0.3) is 0 Å². The van der Waals surface area contributed by atoms with Crippen molar-refractivity contribution in [2.45, 2.75) is 6.92 Å². The second-order valence-electron chi connectivity index (χ2n) is 3.72. The molecule has 2 N–H and O–H groups in total. The molecule has 0 aliphatic heterocycles. The van der Waals surface area contributed by atoms with Crippen LogP contribution in [0.2, 0.25) is 0 Å². The Bertz CT molecular complexity index is 486. The second-order valence-corrected chi connectivity index (χ2v) is 3.72. The summed E-state index contributed by atoms with van der Waals surface area (Å²) < 4.78 is 10.5. The molecule has 0 radical (unpaired) electrons. The molecular formula is C13H15NO2. The molecule has 3 nitrogen and oxygen atoms in total. The smallest absolute Gasteiger partial charge is 0.161 e. The van der Waals surface area contributed by atoms with Crippen LogP contribution in [0, 0.1) is 6.92 Å². The first-order valence-electron chi connectivity index (χ1n) is 5.08. The summed E-state index contributed by atoms with van der Waals surface area (Å²) in [6, 6.07) is 7.78. The Morgan fingerprint density at radius 2 is 1.50 bits per heavy atom. The SMILES string of the molecule is COc1cc2c(C)ccc(N)c2cc1OC. The molecule has 0 aromatic heterocycles. The highest BCUT2D eigenvalue weighted by Gasteiger charge is 2.09. The summed E-state index contributed by atoms with van der Waals surface area (Å²) in [5.74, 6) is 1.43.